The van der Waals surface area contributed by atoms with Crippen molar-refractivity contribution in [2.24, 2.45) is 0 Å². The van der Waals surface area contributed by atoms with Gasteiger partial charge in [0.05, 0.1) is 11.9 Å². The zero-order valence-electron chi connectivity index (χ0n) is 12.5. The summed E-state index contributed by atoms with van der Waals surface area (Å²) in [7, 11) is -3.21. The minimum atomic E-state index is -3.21. The van der Waals surface area contributed by atoms with Crippen LogP contribution in [-0.2, 0) is 14.8 Å². The van der Waals surface area contributed by atoms with Crippen molar-refractivity contribution in [3.63, 3.8) is 0 Å². The second-order valence-corrected chi connectivity index (χ2v) is 8.00. The summed E-state index contributed by atoms with van der Waals surface area (Å²) >= 11 is 0. The molecule has 0 spiro atoms. The van der Waals surface area contributed by atoms with Crippen LogP contribution < -0.4 is 0 Å². The van der Waals surface area contributed by atoms with Crippen LogP contribution in [0.2, 0.25) is 0 Å². The summed E-state index contributed by atoms with van der Waals surface area (Å²) < 4.78 is 37.1. The first-order valence-corrected chi connectivity index (χ1v) is 9.14. The topological polar surface area (TPSA) is 85.5 Å². The molecule has 0 bridgehead atoms. The van der Waals surface area contributed by atoms with Crippen LogP contribution in [0.5, 0.6) is 0 Å². The van der Waals surface area contributed by atoms with E-state index in [-0.39, 0.29) is 11.8 Å². The van der Waals surface area contributed by atoms with Gasteiger partial charge < -0.3 is 9.26 Å². The molecule has 1 aromatic carbocycles. The van der Waals surface area contributed by atoms with Gasteiger partial charge in [-0.15, -0.1) is 0 Å². The van der Waals surface area contributed by atoms with E-state index in [4.69, 9.17) is 9.26 Å². The highest BCUT2D eigenvalue weighted by molar-refractivity contribution is 7.90. The number of rotatable bonds is 4. The first-order chi connectivity index (χ1) is 11.1. The lowest BCUT2D eigenvalue weighted by Gasteiger charge is -2.30. The summed E-state index contributed by atoms with van der Waals surface area (Å²) in [5, 5.41) is 3.74. The Morgan fingerprint density at radius 2 is 1.96 bits per heavy atom. The smallest absolute Gasteiger partial charge is 0.258 e. The Bertz CT molecular complexity index is 786. The molecule has 1 aromatic heterocycles. The molecule has 8 heteroatoms. The highest BCUT2D eigenvalue weighted by Gasteiger charge is 2.42. The average Bonchev–Trinajstić information content (AvgIpc) is 3.34. The van der Waals surface area contributed by atoms with Crippen LogP contribution in [0.15, 0.2) is 34.9 Å². The van der Waals surface area contributed by atoms with E-state index in [0.717, 1.165) is 18.4 Å². The maximum atomic E-state index is 12.4. The summed E-state index contributed by atoms with van der Waals surface area (Å²) in [6, 6.07) is 9.44. The molecular formula is C15H17N3O4S. The molecule has 2 fully saturated rings. The summed E-state index contributed by atoms with van der Waals surface area (Å²) in [4.78, 5) is 4.36. The van der Waals surface area contributed by atoms with E-state index >= 15 is 0 Å². The lowest BCUT2D eigenvalue weighted by Crippen LogP contribution is -2.43. The zero-order valence-corrected chi connectivity index (χ0v) is 13.3. The highest BCUT2D eigenvalue weighted by Crippen LogP contribution is 2.33. The van der Waals surface area contributed by atoms with Gasteiger partial charge in [-0.25, -0.2) is 8.42 Å². The van der Waals surface area contributed by atoms with Gasteiger partial charge in [-0.1, -0.05) is 23.4 Å². The molecule has 1 saturated carbocycles. The number of morpholine rings is 1. The summed E-state index contributed by atoms with van der Waals surface area (Å²) in [5.74, 6) is 0.797. The number of hydrogen-bond donors (Lipinski definition) is 0. The van der Waals surface area contributed by atoms with E-state index in [1.165, 1.54) is 4.31 Å². The molecule has 7 nitrogen and oxygen atoms in total. The fourth-order valence-electron chi connectivity index (χ4n) is 2.65. The molecule has 2 heterocycles. The fourth-order valence-corrected chi connectivity index (χ4v) is 4.48. The van der Waals surface area contributed by atoms with Crippen molar-refractivity contribution in [1.29, 1.82) is 0 Å². The van der Waals surface area contributed by atoms with Crippen molar-refractivity contribution < 1.29 is 17.7 Å². The third-order valence-electron chi connectivity index (χ3n) is 4.09. The first-order valence-electron chi connectivity index (χ1n) is 7.64. The Morgan fingerprint density at radius 1 is 1.17 bits per heavy atom. The van der Waals surface area contributed by atoms with Gasteiger partial charge in [-0.3, -0.25) is 0 Å². The van der Waals surface area contributed by atoms with Crippen LogP contribution >= 0.6 is 0 Å². The number of hydrogen-bond acceptors (Lipinski definition) is 6. The Kier molecular flexibility index (Phi) is 3.67. The largest absolute Gasteiger partial charge is 0.367 e. The molecule has 1 aliphatic carbocycles. The van der Waals surface area contributed by atoms with Crippen LogP contribution in [0.1, 0.15) is 24.8 Å². The molecule has 4 rings (SSSR count). The van der Waals surface area contributed by atoms with Gasteiger partial charge in [-0.2, -0.15) is 9.29 Å². The van der Waals surface area contributed by atoms with Crippen molar-refractivity contribution in [2.75, 3.05) is 19.7 Å². The fraction of sp³-hybridized carbons (Fsp3) is 0.467. The van der Waals surface area contributed by atoms with Crippen molar-refractivity contribution >= 4 is 10.0 Å². The first kappa shape index (κ1) is 14.8. The van der Waals surface area contributed by atoms with Gasteiger partial charge >= 0.3 is 0 Å². The summed E-state index contributed by atoms with van der Waals surface area (Å²) in [6.45, 7) is 0.969. The maximum absolute atomic E-state index is 12.4. The van der Waals surface area contributed by atoms with Gasteiger partial charge in [0.15, 0.2) is 0 Å². The predicted molar refractivity (Wildman–Crippen MR) is 81.9 cm³/mol. The van der Waals surface area contributed by atoms with E-state index in [9.17, 15) is 8.42 Å². The number of benzene rings is 1. The van der Waals surface area contributed by atoms with Crippen LogP contribution in [0.4, 0.5) is 0 Å². The normalized spacial score (nSPS) is 23.0. The second-order valence-electron chi connectivity index (χ2n) is 5.79. The third kappa shape index (κ3) is 2.89. The minimum Gasteiger partial charge on any atom is -0.367 e. The number of aromatic nitrogens is 2. The summed E-state index contributed by atoms with van der Waals surface area (Å²) in [6.07, 6.45) is 1.02. The van der Waals surface area contributed by atoms with Crippen molar-refractivity contribution in [2.45, 2.75) is 24.2 Å². The average molecular weight is 335 g/mol. The standard InChI is InChI=1S/C15H17N3O4S/c19-23(20,12-6-7-12)18-8-9-21-13(10-18)14-16-15(22-17-14)11-4-2-1-3-5-11/h1-5,12-13H,6-10H2. The van der Waals surface area contributed by atoms with Crippen molar-refractivity contribution in [3.8, 4) is 11.5 Å². The molecule has 2 aliphatic rings. The molecule has 0 N–H and O–H groups in total. The Hall–Kier alpha value is -1.77. The predicted octanol–water partition coefficient (Wildman–Crippen LogP) is 1.60. The molecule has 23 heavy (non-hydrogen) atoms. The van der Waals surface area contributed by atoms with E-state index in [2.05, 4.69) is 10.1 Å². The van der Waals surface area contributed by atoms with Gasteiger partial charge in [0.1, 0.15) is 6.10 Å². The monoisotopic (exact) mass is 335 g/mol. The molecule has 122 valence electrons. The molecule has 1 aliphatic heterocycles. The number of sulfonamides is 1. The molecule has 0 amide bonds. The van der Waals surface area contributed by atoms with E-state index in [1.807, 2.05) is 30.3 Å². The third-order valence-corrected chi connectivity index (χ3v) is 6.45. The highest BCUT2D eigenvalue weighted by atomic mass is 32.2. The van der Waals surface area contributed by atoms with Gasteiger partial charge in [0, 0.05) is 18.7 Å². The minimum absolute atomic E-state index is 0.216. The number of nitrogens with zero attached hydrogens (tertiary/aromatic N) is 3. The van der Waals surface area contributed by atoms with E-state index < -0.39 is 16.1 Å². The molecule has 0 radical (unpaired) electrons. The second kappa shape index (κ2) is 5.70. The van der Waals surface area contributed by atoms with Crippen LogP contribution in [0.3, 0.4) is 0 Å². The van der Waals surface area contributed by atoms with Gasteiger partial charge in [-0.05, 0) is 25.0 Å². The molecular weight excluding hydrogens is 318 g/mol. The molecule has 1 unspecified atom stereocenters. The zero-order chi connectivity index (χ0) is 15.9. The molecule has 1 atom stereocenters. The Labute approximate surface area is 134 Å². The summed E-state index contributed by atoms with van der Waals surface area (Å²) in [5.41, 5.74) is 0.824. The van der Waals surface area contributed by atoms with Gasteiger partial charge in [0.2, 0.25) is 15.8 Å². The molecule has 1 saturated heterocycles. The van der Waals surface area contributed by atoms with E-state index in [1.54, 1.807) is 0 Å². The van der Waals surface area contributed by atoms with Crippen LogP contribution in [-0.4, -0.2) is 47.8 Å². The quantitative estimate of drug-likeness (QED) is 0.844. The van der Waals surface area contributed by atoms with Crippen molar-refractivity contribution in [1.82, 2.24) is 14.4 Å². The Balaban J connectivity index is 1.53. The van der Waals surface area contributed by atoms with Crippen LogP contribution in [0.25, 0.3) is 11.5 Å². The maximum Gasteiger partial charge on any atom is 0.258 e. The van der Waals surface area contributed by atoms with Crippen molar-refractivity contribution in [3.05, 3.63) is 36.2 Å². The van der Waals surface area contributed by atoms with Crippen LogP contribution in [0, 0.1) is 0 Å². The molecule has 2 aromatic rings. The SMILES string of the molecule is O=S(=O)(C1CC1)N1CCOC(c2noc(-c3ccccc3)n2)C1. The lowest BCUT2D eigenvalue weighted by molar-refractivity contribution is -0.00863. The lowest BCUT2D eigenvalue weighted by atomic mass is 10.2. The van der Waals surface area contributed by atoms with E-state index in [0.29, 0.717) is 24.9 Å². The van der Waals surface area contributed by atoms with Gasteiger partial charge in [0.25, 0.3) is 5.89 Å². The number of ether oxygens (including phenoxy) is 1. The Morgan fingerprint density at radius 3 is 2.70 bits per heavy atom.